The van der Waals surface area contributed by atoms with Gasteiger partial charge in [0.2, 0.25) is 0 Å². The van der Waals surface area contributed by atoms with E-state index in [1.165, 1.54) is 4.90 Å². The van der Waals surface area contributed by atoms with Crippen LogP contribution in [0.5, 0.6) is 5.75 Å². The van der Waals surface area contributed by atoms with E-state index in [0.29, 0.717) is 22.3 Å². The molecule has 116 valence electrons. The maximum Gasteiger partial charge on any atom is 0.260 e. The summed E-state index contributed by atoms with van der Waals surface area (Å²) in [7, 11) is 1.67. The van der Waals surface area contributed by atoms with Crippen molar-refractivity contribution in [2.45, 2.75) is 31.3 Å². The van der Waals surface area contributed by atoms with Crippen LogP contribution in [0.3, 0.4) is 0 Å². The van der Waals surface area contributed by atoms with Gasteiger partial charge >= 0.3 is 0 Å². The Labute approximate surface area is 134 Å². The van der Waals surface area contributed by atoms with Gasteiger partial charge in [0, 0.05) is 24.7 Å². The number of carbonyl (C=O) groups excluding carboxylic acids is 1. The predicted octanol–water partition coefficient (Wildman–Crippen LogP) is 3.14. The second-order valence-corrected chi connectivity index (χ2v) is 6.39. The quantitative estimate of drug-likeness (QED) is 0.901. The Morgan fingerprint density at radius 2 is 2.05 bits per heavy atom. The highest BCUT2D eigenvalue weighted by Gasteiger charge is 2.33. The average Bonchev–Trinajstić information content (AvgIpc) is 2.85. The first kappa shape index (κ1) is 16.4. The van der Waals surface area contributed by atoms with Gasteiger partial charge in [-0.1, -0.05) is 36.0 Å². The molecule has 0 unspecified atom stereocenters. The summed E-state index contributed by atoms with van der Waals surface area (Å²) in [5, 5.41) is 11.2. The molecule has 1 aliphatic carbocycles. The van der Waals surface area contributed by atoms with Crippen LogP contribution in [0.4, 0.5) is 0 Å². The minimum Gasteiger partial charge on any atom is -0.482 e. The zero-order valence-electron chi connectivity index (χ0n) is 11.9. The lowest BCUT2D eigenvalue weighted by Crippen LogP contribution is -2.43. The highest BCUT2D eigenvalue weighted by Crippen LogP contribution is 2.30. The number of halogens is 2. The zero-order chi connectivity index (χ0) is 15.5. The third-order valence-electron chi connectivity index (χ3n) is 3.74. The number of nitrogens with zero attached hydrogens (tertiary/aromatic N) is 1. The molecule has 21 heavy (non-hydrogen) atoms. The Morgan fingerprint density at radius 1 is 1.38 bits per heavy atom. The highest BCUT2D eigenvalue weighted by molar-refractivity contribution is 6.34. The van der Waals surface area contributed by atoms with Crippen molar-refractivity contribution in [3.05, 3.63) is 28.2 Å². The minimum absolute atomic E-state index is 0.132. The van der Waals surface area contributed by atoms with Crippen molar-refractivity contribution in [1.29, 1.82) is 0 Å². The second-order valence-electron chi connectivity index (χ2n) is 5.54. The van der Waals surface area contributed by atoms with Crippen LogP contribution in [0.15, 0.2) is 18.2 Å². The number of aliphatic hydroxyl groups is 1. The smallest absolute Gasteiger partial charge is 0.260 e. The van der Waals surface area contributed by atoms with Crippen molar-refractivity contribution >= 4 is 29.1 Å². The normalized spacial score (nSPS) is 16.8. The van der Waals surface area contributed by atoms with Gasteiger partial charge in [0.1, 0.15) is 5.75 Å². The number of hydrogen-bond acceptors (Lipinski definition) is 3. The maximum absolute atomic E-state index is 12.1. The standard InChI is InChI=1S/C15H19Cl2NO3/c1-18(10-15(20)6-2-3-7-15)14(19)9-21-13-8-11(16)4-5-12(13)17/h4-5,8,20H,2-3,6-7,9-10H2,1H3. The van der Waals surface area contributed by atoms with Gasteiger partial charge in [0.25, 0.3) is 5.91 Å². The SMILES string of the molecule is CN(CC1(O)CCCC1)C(=O)COc1cc(Cl)ccc1Cl. The zero-order valence-corrected chi connectivity index (χ0v) is 13.5. The van der Waals surface area contributed by atoms with E-state index in [-0.39, 0.29) is 12.5 Å². The Bertz CT molecular complexity index is 516. The lowest BCUT2D eigenvalue weighted by molar-refractivity contribution is -0.135. The van der Waals surface area contributed by atoms with Gasteiger partial charge in [-0.25, -0.2) is 0 Å². The van der Waals surface area contributed by atoms with Crippen molar-refractivity contribution in [1.82, 2.24) is 4.90 Å². The van der Waals surface area contributed by atoms with Gasteiger partial charge in [-0.3, -0.25) is 4.79 Å². The van der Waals surface area contributed by atoms with Gasteiger partial charge in [-0.15, -0.1) is 0 Å². The molecule has 1 saturated carbocycles. The van der Waals surface area contributed by atoms with Crippen molar-refractivity contribution in [3.8, 4) is 5.75 Å². The molecule has 2 rings (SSSR count). The molecule has 1 aromatic carbocycles. The van der Waals surface area contributed by atoms with Gasteiger partial charge in [-0.05, 0) is 25.0 Å². The summed E-state index contributed by atoms with van der Waals surface area (Å²) < 4.78 is 5.41. The van der Waals surface area contributed by atoms with E-state index < -0.39 is 5.60 Å². The average molecular weight is 332 g/mol. The molecule has 1 fully saturated rings. The summed E-state index contributed by atoms with van der Waals surface area (Å²) in [6.07, 6.45) is 3.50. The maximum atomic E-state index is 12.1. The van der Waals surface area contributed by atoms with E-state index in [1.54, 1.807) is 25.2 Å². The summed E-state index contributed by atoms with van der Waals surface area (Å²) >= 11 is 11.8. The molecule has 1 aromatic rings. The molecule has 0 spiro atoms. The highest BCUT2D eigenvalue weighted by atomic mass is 35.5. The number of carbonyl (C=O) groups is 1. The summed E-state index contributed by atoms with van der Waals surface area (Å²) in [6, 6.07) is 4.84. The molecular weight excluding hydrogens is 313 g/mol. The molecule has 0 aliphatic heterocycles. The van der Waals surface area contributed by atoms with Crippen LogP contribution in [0, 0.1) is 0 Å². The van der Waals surface area contributed by atoms with Gasteiger partial charge in [-0.2, -0.15) is 0 Å². The lowest BCUT2D eigenvalue weighted by atomic mass is 10.0. The molecule has 0 aromatic heterocycles. The summed E-state index contributed by atoms with van der Waals surface area (Å²) in [4.78, 5) is 13.6. The number of rotatable bonds is 5. The molecule has 1 N–H and O–H groups in total. The van der Waals surface area contributed by atoms with E-state index in [4.69, 9.17) is 27.9 Å². The van der Waals surface area contributed by atoms with Crippen molar-refractivity contribution in [3.63, 3.8) is 0 Å². The van der Waals surface area contributed by atoms with Crippen LogP contribution in [0.25, 0.3) is 0 Å². The van der Waals surface area contributed by atoms with Gasteiger partial charge in [0.15, 0.2) is 6.61 Å². The molecule has 0 bridgehead atoms. The molecule has 0 atom stereocenters. The predicted molar refractivity (Wildman–Crippen MR) is 83.0 cm³/mol. The van der Waals surface area contributed by atoms with Crippen molar-refractivity contribution in [2.24, 2.45) is 0 Å². The fourth-order valence-corrected chi connectivity index (χ4v) is 2.89. The number of amides is 1. The van der Waals surface area contributed by atoms with Gasteiger partial charge in [0.05, 0.1) is 10.6 Å². The summed E-state index contributed by atoms with van der Waals surface area (Å²) in [6.45, 7) is 0.200. The molecule has 0 radical (unpaired) electrons. The molecule has 6 heteroatoms. The van der Waals surface area contributed by atoms with E-state index in [9.17, 15) is 9.90 Å². The largest absolute Gasteiger partial charge is 0.482 e. The van der Waals surface area contributed by atoms with Crippen molar-refractivity contribution < 1.29 is 14.6 Å². The van der Waals surface area contributed by atoms with Gasteiger partial charge < -0.3 is 14.7 Å². The van der Waals surface area contributed by atoms with Crippen LogP contribution < -0.4 is 4.74 Å². The first-order valence-electron chi connectivity index (χ1n) is 6.94. The minimum atomic E-state index is -0.752. The first-order chi connectivity index (χ1) is 9.89. The monoisotopic (exact) mass is 331 g/mol. The Hall–Kier alpha value is -0.970. The number of hydrogen-bond donors (Lipinski definition) is 1. The Balaban J connectivity index is 1.87. The van der Waals surface area contributed by atoms with Crippen LogP contribution in [0.1, 0.15) is 25.7 Å². The topological polar surface area (TPSA) is 49.8 Å². The fourth-order valence-electron chi connectivity index (χ4n) is 2.56. The van der Waals surface area contributed by atoms with E-state index in [0.717, 1.165) is 25.7 Å². The van der Waals surface area contributed by atoms with E-state index in [1.807, 2.05) is 0 Å². The lowest BCUT2D eigenvalue weighted by Gasteiger charge is -2.28. The molecule has 0 heterocycles. The van der Waals surface area contributed by atoms with Crippen LogP contribution in [-0.2, 0) is 4.79 Å². The number of likely N-dealkylation sites (N-methyl/N-ethyl adjacent to an activating group) is 1. The van der Waals surface area contributed by atoms with Crippen LogP contribution in [-0.4, -0.2) is 41.7 Å². The second kappa shape index (κ2) is 6.86. The number of ether oxygens (including phenoxy) is 1. The van der Waals surface area contributed by atoms with Crippen LogP contribution in [0.2, 0.25) is 10.0 Å². The van der Waals surface area contributed by atoms with Crippen LogP contribution >= 0.6 is 23.2 Å². The van der Waals surface area contributed by atoms with E-state index >= 15 is 0 Å². The fraction of sp³-hybridized carbons (Fsp3) is 0.533. The Kier molecular flexibility index (Phi) is 5.36. The third-order valence-corrected chi connectivity index (χ3v) is 4.28. The summed E-state index contributed by atoms with van der Waals surface area (Å²) in [5.74, 6) is 0.178. The molecule has 4 nitrogen and oxygen atoms in total. The number of benzene rings is 1. The molecular formula is C15H19Cl2NO3. The van der Waals surface area contributed by atoms with E-state index in [2.05, 4.69) is 0 Å². The Morgan fingerprint density at radius 3 is 2.71 bits per heavy atom. The molecule has 0 saturated heterocycles. The summed E-state index contributed by atoms with van der Waals surface area (Å²) in [5.41, 5.74) is -0.752. The third kappa shape index (κ3) is 4.50. The molecule has 1 amide bonds. The van der Waals surface area contributed by atoms with Crippen molar-refractivity contribution in [2.75, 3.05) is 20.2 Å². The first-order valence-corrected chi connectivity index (χ1v) is 7.69. The molecule has 1 aliphatic rings.